The number of rotatable bonds is 9. The van der Waals surface area contributed by atoms with Crippen molar-refractivity contribution in [2.45, 2.75) is 58.7 Å². The molecule has 4 rings (SSSR count). The van der Waals surface area contributed by atoms with E-state index in [1.807, 2.05) is 0 Å². The molecular weight excluding hydrogens is 426 g/mol. The molecule has 0 aromatic carbocycles. The van der Waals surface area contributed by atoms with Crippen LogP contribution in [0.25, 0.3) is 11.5 Å². The van der Waals surface area contributed by atoms with Crippen LogP contribution in [-0.2, 0) is 16.1 Å². The van der Waals surface area contributed by atoms with E-state index in [1.54, 1.807) is 37.2 Å². The first-order chi connectivity index (χ1) is 15.9. The first-order valence-corrected chi connectivity index (χ1v) is 11.6. The number of hydrogen-bond donors (Lipinski definition) is 1. The molecule has 0 bridgehead atoms. The lowest BCUT2D eigenvalue weighted by atomic mass is 9.87. The number of aryl methyl sites for hydroxylation is 1. The normalized spacial score (nSPS) is 23.5. The van der Waals surface area contributed by atoms with Crippen molar-refractivity contribution >= 4 is 12.1 Å². The third-order valence-corrected chi connectivity index (χ3v) is 6.65. The van der Waals surface area contributed by atoms with Crippen molar-refractivity contribution in [3.63, 3.8) is 0 Å². The number of aromatic nitrogens is 2. The Labute approximate surface area is 193 Å². The SMILES string of the molecule is CCCCN(C)C(=O)OCc1c(C)noc1-c1ccc(OC2CC(C(=O)O)CC3CC32)cn1. The summed E-state index contributed by atoms with van der Waals surface area (Å²) >= 11 is 0. The predicted octanol–water partition coefficient (Wildman–Crippen LogP) is 4.29. The first kappa shape index (κ1) is 23.1. The molecule has 2 heterocycles. The summed E-state index contributed by atoms with van der Waals surface area (Å²) in [7, 11) is 1.72. The topological polar surface area (TPSA) is 115 Å². The van der Waals surface area contributed by atoms with Crippen LogP contribution in [0.1, 0.15) is 50.3 Å². The molecule has 4 atom stereocenters. The van der Waals surface area contributed by atoms with E-state index >= 15 is 0 Å². The number of pyridine rings is 1. The quantitative estimate of drug-likeness (QED) is 0.593. The van der Waals surface area contributed by atoms with Gasteiger partial charge in [-0.2, -0.15) is 0 Å². The van der Waals surface area contributed by atoms with Gasteiger partial charge in [-0.15, -0.1) is 0 Å². The zero-order chi connectivity index (χ0) is 23.5. The fourth-order valence-electron chi connectivity index (χ4n) is 4.50. The van der Waals surface area contributed by atoms with Gasteiger partial charge in [-0.05, 0) is 56.6 Å². The zero-order valence-electron chi connectivity index (χ0n) is 19.3. The lowest BCUT2D eigenvalue weighted by molar-refractivity contribution is -0.144. The molecule has 0 aliphatic heterocycles. The fraction of sp³-hybridized carbons (Fsp3) is 0.583. The lowest BCUT2D eigenvalue weighted by Gasteiger charge is -2.26. The highest BCUT2D eigenvalue weighted by atomic mass is 16.6. The largest absolute Gasteiger partial charge is 0.488 e. The van der Waals surface area contributed by atoms with Crippen molar-refractivity contribution < 1.29 is 28.7 Å². The molecule has 1 amide bonds. The number of hydrogen-bond acceptors (Lipinski definition) is 7. The Balaban J connectivity index is 1.39. The maximum Gasteiger partial charge on any atom is 0.409 e. The minimum atomic E-state index is -0.743. The highest BCUT2D eigenvalue weighted by molar-refractivity contribution is 5.70. The Morgan fingerprint density at radius 2 is 2.09 bits per heavy atom. The third-order valence-electron chi connectivity index (χ3n) is 6.65. The molecule has 4 unspecified atom stereocenters. The van der Waals surface area contributed by atoms with Crippen LogP contribution >= 0.6 is 0 Å². The Kier molecular flexibility index (Phi) is 6.85. The van der Waals surface area contributed by atoms with Crippen LogP contribution in [0.5, 0.6) is 5.75 Å². The van der Waals surface area contributed by atoms with Crippen LogP contribution in [-0.4, -0.2) is 51.9 Å². The van der Waals surface area contributed by atoms with Crippen LogP contribution < -0.4 is 4.74 Å². The van der Waals surface area contributed by atoms with Gasteiger partial charge in [0.2, 0.25) is 0 Å². The fourth-order valence-corrected chi connectivity index (χ4v) is 4.50. The van der Waals surface area contributed by atoms with E-state index < -0.39 is 12.1 Å². The number of carboxylic acids is 1. The number of ether oxygens (including phenoxy) is 2. The monoisotopic (exact) mass is 457 g/mol. The summed E-state index contributed by atoms with van der Waals surface area (Å²) in [6.45, 7) is 4.55. The van der Waals surface area contributed by atoms with Crippen molar-refractivity contribution in [3.05, 3.63) is 29.6 Å². The van der Waals surface area contributed by atoms with Gasteiger partial charge in [0, 0.05) is 13.6 Å². The smallest absolute Gasteiger partial charge is 0.409 e. The molecular formula is C24H31N3O6. The average Bonchev–Trinajstić information content (AvgIpc) is 3.51. The van der Waals surface area contributed by atoms with Crippen molar-refractivity contribution in [3.8, 4) is 17.2 Å². The van der Waals surface area contributed by atoms with Gasteiger partial charge < -0.3 is 24.0 Å². The molecule has 178 valence electrons. The molecule has 9 nitrogen and oxygen atoms in total. The maximum atomic E-state index is 12.2. The van der Waals surface area contributed by atoms with Crippen molar-refractivity contribution in [1.82, 2.24) is 15.0 Å². The molecule has 0 radical (unpaired) electrons. The van der Waals surface area contributed by atoms with Crippen molar-refractivity contribution in [2.75, 3.05) is 13.6 Å². The third kappa shape index (κ3) is 5.29. The highest BCUT2D eigenvalue weighted by Gasteiger charge is 2.51. The molecule has 2 aromatic heterocycles. The van der Waals surface area contributed by atoms with Crippen LogP contribution in [0.4, 0.5) is 4.79 Å². The van der Waals surface area contributed by atoms with E-state index in [0.717, 1.165) is 25.7 Å². The summed E-state index contributed by atoms with van der Waals surface area (Å²) in [5.41, 5.74) is 1.87. The average molecular weight is 458 g/mol. The molecule has 0 spiro atoms. The number of carboxylic acid groups (broad SMARTS) is 1. The second-order valence-electron chi connectivity index (χ2n) is 9.11. The predicted molar refractivity (Wildman–Crippen MR) is 119 cm³/mol. The number of amides is 1. The molecule has 2 fully saturated rings. The van der Waals surface area contributed by atoms with Crippen molar-refractivity contribution in [2.24, 2.45) is 17.8 Å². The summed E-state index contributed by atoms with van der Waals surface area (Å²) in [6.07, 6.45) is 5.37. The molecule has 2 aliphatic carbocycles. The van der Waals surface area contributed by atoms with Gasteiger partial charge >= 0.3 is 12.1 Å². The Morgan fingerprint density at radius 3 is 2.79 bits per heavy atom. The summed E-state index contributed by atoms with van der Waals surface area (Å²) < 4.78 is 17.0. The van der Waals surface area contributed by atoms with Crippen LogP contribution in [0.15, 0.2) is 22.9 Å². The molecule has 9 heteroatoms. The molecule has 2 aromatic rings. The molecule has 2 aliphatic rings. The maximum absolute atomic E-state index is 12.2. The van der Waals surface area contributed by atoms with Gasteiger partial charge in [-0.25, -0.2) is 9.78 Å². The van der Waals surface area contributed by atoms with Gasteiger partial charge in [0.05, 0.1) is 23.4 Å². The summed E-state index contributed by atoms with van der Waals surface area (Å²) in [4.78, 5) is 29.6. The molecule has 0 saturated heterocycles. The van der Waals surface area contributed by atoms with Gasteiger partial charge in [-0.3, -0.25) is 4.79 Å². The van der Waals surface area contributed by atoms with Crippen LogP contribution in [0.2, 0.25) is 0 Å². The number of unbranched alkanes of at least 4 members (excludes halogenated alkanes) is 1. The van der Waals surface area contributed by atoms with Crippen LogP contribution in [0.3, 0.4) is 0 Å². The Morgan fingerprint density at radius 1 is 1.27 bits per heavy atom. The minimum Gasteiger partial charge on any atom is -0.488 e. The van der Waals surface area contributed by atoms with E-state index in [4.69, 9.17) is 14.0 Å². The molecule has 33 heavy (non-hydrogen) atoms. The summed E-state index contributed by atoms with van der Waals surface area (Å²) in [5, 5.41) is 13.4. The van der Waals surface area contributed by atoms with Gasteiger partial charge in [0.25, 0.3) is 0 Å². The lowest BCUT2D eigenvalue weighted by Crippen LogP contribution is -2.31. The van der Waals surface area contributed by atoms with E-state index in [0.29, 0.717) is 53.3 Å². The van der Waals surface area contributed by atoms with Gasteiger partial charge in [0.15, 0.2) is 5.76 Å². The van der Waals surface area contributed by atoms with E-state index in [9.17, 15) is 14.7 Å². The minimum absolute atomic E-state index is 0.0433. The number of carbonyl (C=O) groups is 2. The van der Waals surface area contributed by atoms with Crippen molar-refractivity contribution in [1.29, 1.82) is 0 Å². The second kappa shape index (κ2) is 9.80. The molecule has 2 saturated carbocycles. The first-order valence-electron chi connectivity index (χ1n) is 11.6. The highest BCUT2D eigenvalue weighted by Crippen LogP contribution is 2.52. The zero-order valence-corrected chi connectivity index (χ0v) is 19.3. The van der Waals surface area contributed by atoms with Gasteiger partial charge in [-0.1, -0.05) is 18.5 Å². The van der Waals surface area contributed by atoms with E-state index in [1.165, 1.54) is 0 Å². The van der Waals surface area contributed by atoms with Gasteiger partial charge in [0.1, 0.15) is 24.2 Å². The Hall–Kier alpha value is -3.10. The Bertz CT molecular complexity index is 989. The second-order valence-corrected chi connectivity index (χ2v) is 9.11. The standard InChI is InChI=1S/C24H31N3O6/c1-4-5-8-27(3)24(30)31-13-19-14(2)26-33-22(19)20-7-6-17(12-25-20)32-21-11-16(23(28)29)9-15-10-18(15)21/h6-7,12,15-16,18,21H,4-5,8-11,13H2,1-3H3,(H,28,29). The number of aliphatic carboxylic acids is 1. The van der Waals surface area contributed by atoms with E-state index in [-0.39, 0.29) is 18.6 Å². The number of fused-ring (bicyclic) bond motifs is 1. The summed E-state index contributed by atoms with van der Waals surface area (Å²) in [6, 6.07) is 3.58. The van der Waals surface area contributed by atoms with E-state index in [2.05, 4.69) is 17.1 Å². The number of nitrogens with zero attached hydrogens (tertiary/aromatic N) is 3. The van der Waals surface area contributed by atoms with Crippen LogP contribution in [0, 0.1) is 24.7 Å². The number of carbonyl (C=O) groups excluding carboxylic acids is 1. The molecule has 1 N–H and O–H groups in total. The summed E-state index contributed by atoms with van der Waals surface area (Å²) in [5.74, 6) is 0.868.